The second-order valence-corrected chi connectivity index (χ2v) is 4.46. The molecule has 0 aliphatic carbocycles. The maximum absolute atomic E-state index is 9.83. The predicted molar refractivity (Wildman–Crippen MR) is 66.0 cm³/mol. The van der Waals surface area contributed by atoms with Gasteiger partial charge in [0.15, 0.2) is 0 Å². The lowest BCUT2D eigenvalue weighted by atomic mass is 10.1. The number of β-amino-alcohol motifs (C(OH)–C–C–N with tert-alkyl or cyclic N) is 1. The zero-order chi connectivity index (χ0) is 11.4. The second kappa shape index (κ2) is 5.28. The van der Waals surface area contributed by atoms with Crippen molar-refractivity contribution < 1.29 is 5.11 Å². The summed E-state index contributed by atoms with van der Waals surface area (Å²) < 4.78 is 0. The Kier molecular flexibility index (Phi) is 3.75. The molecule has 86 valence electrons. The zero-order valence-corrected chi connectivity index (χ0v) is 9.60. The lowest BCUT2D eigenvalue weighted by molar-refractivity contribution is 0.105. The van der Waals surface area contributed by atoms with Gasteiger partial charge in [0.2, 0.25) is 0 Å². The van der Waals surface area contributed by atoms with Crippen molar-refractivity contribution in [2.75, 3.05) is 6.54 Å². The number of allylic oxidation sites excluding steroid dienone is 1. The van der Waals surface area contributed by atoms with Crippen LogP contribution in [0.25, 0.3) is 0 Å². The van der Waals surface area contributed by atoms with Gasteiger partial charge in [0, 0.05) is 19.6 Å². The number of rotatable bonds is 5. The highest BCUT2D eigenvalue weighted by atomic mass is 16.3. The monoisotopic (exact) mass is 217 g/mol. The minimum Gasteiger partial charge on any atom is -0.392 e. The highest BCUT2D eigenvalue weighted by Gasteiger charge is 2.19. The fraction of sp³-hybridized carbons (Fsp3) is 0.429. The van der Waals surface area contributed by atoms with E-state index in [1.54, 1.807) is 0 Å². The summed E-state index contributed by atoms with van der Waals surface area (Å²) in [5.41, 5.74) is 2.80. The smallest absolute Gasteiger partial charge is 0.0670 e. The minimum absolute atomic E-state index is 0.229. The van der Waals surface area contributed by atoms with Gasteiger partial charge in [-0.2, -0.15) is 0 Å². The summed E-state index contributed by atoms with van der Waals surface area (Å²) in [5, 5.41) is 9.83. The van der Waals surface area contributed by atoms with Gasteiger partial charge in [-0.1, -0.05) is 30.3 Å². The van der Waals surface area contributed by atoms with Gasteiger partial charge in [-0.05, 0) is 24.0 Å². The standard InChI is InChI=1S/C14H19NO/c1-2-3-8-14(16)11-15-9-12-6-4-5-7-13(12)10-15/h2,4-7,14,16H,1,3,8-11H2. The van der Waals surface area contributed by atoms with E-state index in [1.807, 2.05) is 6.08 Å². The fourth-order valence-corrected chi connectivity index (χ4v) is 2.23. The van der Waals surface area contributed by atoms with Crippen LogP contribution >= 0.6 is 0 Å². The molecule has 0 saturated carbocycles. The molecular weight excluding hydrogens is 198 g/mol. The van der Waals surface area contributed by atoms with Crippen LogP contribution in [0, 0.1) is 0 Å². The molecule has 1 aliphatic heterocycles. The normalized spacial score (nSPS) is 17.1. The maximum Gasteiger partial charge on any atom is 0.0670 e. The molecule has 1 N–H and O–H groups in total. The van der Waals surface area contributed by atoms with Gasteiger partial charge >= 0.3 is 0 Å². The molecule has 1 unspecified atom stereocenters. The van der Waals surface area contributed by atoms with E-state index in [0.717, 1.165) is 32.5 Å². The van der Waals surface area contributed by atoms with Crippen LogP contribution < -0.4 is 0 Å². The molecule has 0 saturated heterocycles. The number of hydrogen-bond acceptors (Lipinski definition) is 2. The topological polar surface area (TPSA) is 23.5 Å². The van der Waals surface area contributed by atoms with E-state index >= 15 is 0 Å². The molecule has 0 amide bonds. The lowest BCUT2D eigenvalue weighted by Gasteiger charge is -2.18. The first-order chi connectivity index (χ1) is 7.79. The molecular formula is C14H19NO. The zero-order valence-electron chi connectivity index (χ0n) is 9.60. The fourth-order valence-electron chi connectivity index (χ4n) is 2.23. The lowest BCUT2D eigenvalue weighted by Crippen LogP contribution is -2.28. The Balaban J connectivity index is 1.85. The number of aliphatic hydroxyl groups excluding tert-OH is 1. The molecule has 1 aromatic rings. The summed E-state index contributed by atoms with van der Waals surface area (Å²) in [6, 6.07) is 8.50. The Morgan fingerprint density at radius 1 is 1.31 bits per heavy atom. The number of benzene rings is 1. The summed E-state index contributed by atoms with van der Waals surface area (Å²) in [6.07, 6.45) is 3.34. The van der Waals surface area contributed by atoms with Crippen LogP contribution in [-0.4, -0.2) is 22.7 Å². The van der Waals surface area contributed by atoms with Crippen LogP contribution in [-0.2, 0) is 13.1 Å². The largest absolute Gasteiger partial charge is 0.392 e. The van der Waals surface area contributed by atoms with Crippen LogP contribution in [0.2, 0.25) is 0 Å². The van der Waals surface area contributed by atoms with Crippen molar-refractivity contribution in [1.29, 1.82) is 0 Å². The Morgan fingerprint density at radius 2 is 1.94 bits per heavy atom. The van der Waals surface area contributed by atoms with Gasteiger partial charge in [0.1, 0.15) is 0 Å². The third-order valence-corrected chi connectivity index (χ3v) is 3.08. The summed E-state index contributed by atoms with van der Waals surface area (Å²) in [7, 11) is 0. The summed E-state index contributed by atoms with van der Waals surface area (Å²) >= 11 is 0. The molecule has 1 atom stereocenters. The molecule has 0 bridgehead atoms. The summed E-state index contributed by atoms with van der Waals surface area (Å²) in [6.45, 7) is 6.39. The highest BCUT2D eigenvalue weighted by Crippen LogP contribution is 2.22. The van der Waals surface area contributed by atoms with E-state index < -0.39 is 0 Å². The van der Waals surface area contributed by atoms with E-state index in [9.17, 15) is 5.11 Å². The van der Waals surface area contributed by atoms with Crippen molar-refractivity contribution in [3.05, 3.63) is 48.0 Å². The Morgan fingerprint density at radius 3 is 2.50 bits per heavy atom. The average molecular weight is 217 g/mol. The molecule has 1 heterocycles. The summed E-state index contributed by atoms with van der Waals surface area (Å²) in [4.78, 5) is 2.30. The van der Waals surface area contributed by atoms with Gasteiger partial charge in [-0.3, -0.25) is 4.90 Å². The molecule has 2 rings (SSSR count). The Hall–Kier alpha value is -1.12. The first-order valence-electron chi connectivity index (χ1n) is 5.87. The van der Waals surface area contributed by atoms with Gasteiger partial charge in [-0.15, -0.1) is 6.58 Å². The van der Waals surface area contributed by atoms with E-state index in [1.165, 1.54) is 11.1 Å². The molecule has 2 nitrogen and oxygen atoms in total. The number of nitrogens with zero attached hydrogens (tertiary/aromatic N) is 1. The second-order valence-electron chi connectivity index (χ2n) is 4.46. The molecule has 0 aromatic heterocycles. The van der Waals surface area contributed by atoms with Gasteiger partial charge in [-0.25, -0.2) is 0 Å². The molecule has 1 aromatic carbocycles. The van der Waals surface area contributed by atoms with Crippen LogP contribution in [0.1, 0.15) is 24.0 Å². The Bertz CT molecular complexity index is 337. The molecule has 1 aliphatic rings. The van der Waals surface area contributed by atoms with Gasteiger partial charge in [0.25, 0.3) is 0 Å². The number of aliphatic hydroxyl groups is 1. The van der Waals surface area contributed by atoms with Crippen molar-refractivity contribution in [2.24, 2.45) is 0 Å². The molecule has 0 spiro atoms. The molecule has 16 heavy (non-hydrogen) atoms. The van der Waals surface area contributed by atoms with Crippen molar-refractivity contribution in [1.82, 2.24) is 4.90 Å². The van der Waals surface area contributed by atoms with Crippen LogP contribution in [0.15, 0.2) is 36.9 Å². The molecule has 0 fully saturated rings. The van der Waals surface area contributed by atoms with Crippen molar-refractivity contribution in [2.45, 2.75) is 32.0 Å². The van der Waals surface area contributed by atoms with E-state index in [-0.39, 0.29) is 6.10 Å². The van der Waals surface area contributed by atoms with Gasteiger partial charge in [0.05, 0.1) is 6.10 Å². The van der Waals surface area contributed by atoms with Crippen LogP contribution in [0.5, 0.6) is 0 Å². The number of hydrogen-bond donors (Lipinski definition) is 1. The van der Waals surface area contributed by atoms with Gasteiger partial charge < -0.3 is 5.11 Å². The predicted octanol–water partition coefficient (Wildman–Crippen LogP) is 2.33. The molecule has 0 radical (unpaired) electrons. The third kappa shape index (κ3) is 2.71. The highest BCUT2D eigenvalue weighted by molar-refractivity contribution is 5.30. The minimum atomic E-state index is -0.229. The van der Waals surface area contributed by atoms with E-state index in [4.69, 9.17) is 0 Å². The first-order valence-corrected chi connectivity index (χ1v) is 5.87. The van der Waals surface area contributed by atoms with Crippen molar-refractivity contribution in [3.8, 4) is 0 Å². The van der Waals surface area contributed by atoms with Crippen LogP contribution in [0.4, 0.5) is 0 Å². The SMILES string of the molecule is C=CCCC(O)CN1Cc2ccccc2C1. The number of fused-ring (bicyclic) bond motifs is 1. The van der Waals surface area contributed by atoms with Crippen LogP contribution in [0.3, 0.4) is 0 Å². The Labute approximate surface area is 97.2 Å². The molecule has 2 heteroatoms. The maximum atomic E-state index is 9.83. The first kappa shape index (κ1) is 11.4. The van der Waals surface area contributed by atoms with E-state index in [2.05, 4.69) is 35.7 Å². The average Bonchev–Trinajstić information content (AvgIpc) is 2.68. The summed E-state index contributed by atoms with van der Waals surface area (Å²) in [5.74, 6) is 0. The van der Waals surface area contributed by atoms with Crippen molar-refractivity contribution in [3.63, 3.8) is 0 Å². The third-order valence-electron chi connectivity index (χ3n) is 3.08. The van der Waals surface area contributed by atoms with Crippen molar-refractivity contribution >= 4 is 0 Å². The quantitative estimate of drug-likeness (QED) is 0.765. The van der Waals surface area contributed by atoms with E-state index in [0.29, 0.717) is 0 Å².